The van der Waals surface area contributed by atoms with Crippen molar-refractivity contribution < 1.29 is 4.74 Å². The second-order valence-corrected chi connectivity index (χ2v) is 6.59. The van der Waals surface area contributed by atoms with E-state index in [9.17, 15) is 0 Å². The second kappa shape index (κ2) is 8.32. The smallest absolute Gasteiger partial charge is 0.0869 e. The van der Waals surface area contributed by atoms with Crippen LogP contribution in [0.25, 0.3) is 0 Å². The molecule has 118 valence electrons. The Bertz CT molecular complexity index is 274. The number of ether oxygens (including phenoxy) is 1. The summed E-state index contributed by atoms with van der Waals surface area (Å²) in [7, 11) is 0. The summed E-state index contributed by atoms with van der Waals surface area (Å²) in [5.41, 5.74) is 3.04. The van der Waals surface area contributed by atoms with Crippen molar-refractivity contribution in [2.24, 2.45) is 11.8 Å². The molecule has 0 aromatic rings. The summed E-state index contributed by atoms with van der Waals surface area (Å²) >= 11 is 0. The van der Waals surface area contributed by atoms with E-state index >= 15 is 0 Å². The molecular formula is C16H33N3O. The lowest BCUT2D eigenvalue weighted by molar-refractivity contribution is -0.0679. The van der Waals surface area contributed by atoms with E-state index in [-0.39, 0.29) is 6.10 Å². The predicted molar refractivity (Wildman–Crippen MR) is 83.4 cm³/mol. The fourth-order valence-corrected chi connectivity index (χ4v) is 3.75. The predicted octanol–water partition coefficient (Wildman–Crippen LogP) is 2.29. The topological polar surface area (TPSA) is 50.5 Å². The molecule has 2 heterocycles. The van der Waals surface area contributed by atoms with Crippen LogP contribution in [-0.2, 0) is 4.74 Å². The zero-order chi connectivity index (χ0) is 14.4. The normalized spacial score (nSPS) is 30.1. The van der Waals surface area contributed by atoms with E-state index in [0.717, 1.165) is 25.5 Å². The second-order valence-electron chi connectivity index (χ2n) is 6.59. The van der Waals surface area contributed by atoms with Gasteiger partial charge >= 0.3 is 0 Å². The molecule has 2 aliphatic heterocycles. The van der Waals surface area contributed by atoms with Crippen molar-refractivity contribution in [3.05, 3.63) is 0 Å². The van der Waals surface area contributed by atoms with Gasteiger partial charge in [0.2, 0.25) is 0 Å². The molecule has 0 aliphatic carbocycles. The molecule has 3 N–H and O–H groups in total. The minimum Gasteiger partial charge on any atom is -0.374 e. The van der Waals surface area contributed by atoms with Crippen molar-refractivity contribution >= 4 is 0 Å². The summed E-state index contributed by atoms with van der Waals surface area (Å²) in [5, 5.41) is 0. The zero-order valence-corrected chi connectivity index (χ0v) is 13.3. The molecule has 0 aromatic carbocycles. The average Bonchev–Trinajstić information content (AvgIpc) is 2.95. The van der Waals surface area contributed by atoms with E-state index in [4.69, 9.17) is 10.6 Å². The van der Waals surface area contributed by atoms with Gasteiger partial charge in [-0.15, -0.1) is 0 Å². The Hall–Kier alpha value is -0.160. The molecule has 2 fully saturated rings. The van der Waals surface area contributed by atoms with E-state index in [2.05, 4.69) is 24.2 Å². The number of morpholine rings is 1. The monoisotopic (exact) mass is 283 g/mol. The first kappa shape index (κ1) is 16.2. The lowest BCUT2D eigenvalue weighted by Crippen LogP contribution is -2.56. The van der Waals surface area contributed by atoms with Gasteiger partial charge in [-0.05, 0) is 31.7 Å². The fraction of sp³-hybridized carbons (Fsp3) is 1.00. The maximum atomic E-state index is 6.11. The van der Waals surface area contributed by atoms with Crippen LogP contribution in [0.4, 0.5) is 0 Å². The highest BCUT2D eigenvalue weighted by molar-refractivity contribution is 4.90. The van der Waals surface area contributed by atoms with Gasteiger partial charge in [0, 0.05) is 18.6 Å². The van der Waals surface area contributed by atoms with Crippen LogP contribution in [0.2, 0.25) is 0 Å². The first-order valence-electron chi connectivity index (χ1n) is 8.60. The van der Waals surface area contributed by atoms with Gasteiger partial charge < -0.3 is 4.74 Å². The minimum atomic E-state index is 0.269. The van der Waals surface area contributed by atoms with Crippen LogP contribution >= 0.6 is 0 Å². The highest BCUT2D eigenvalue weighted by atomic mass is 16.5. The molecule has 0 radical (unpaired) electrons. The van der Waals surface area contributed by atoms with Crippen molar-refractivity contribution in [1.82, 2.24) is 10.3 Å². The maximum Gasteiger partial charge on any atom is 0.0869 e. The molecule has 4 atom stereocenters. The summed E-state index contributed by atoms with van der Waals surface area (Å²) in [5.74, 6) is 6.60. The lowest BCUT2D eigenvalue weighted by Gasteiger charge is -2.39. The van der Waals surface area contributed by atoms with Gasteiger partial charge in [0.05, 0.1) is 12.7 Å². The number of hydrogen-bond acceptors (Lipinski definition) is 4. The van der Waals surface area contributed by atoms with Crippen molar-refractivity contribution in [3.63, 3.8) is 0 Å². The summed E-state index contributed by atoms with van der Waals surface area (Å²) in [6, 6.07) is 0.977. The molecular weight excluding hydrogens is 250 g/mol. The molecule has 4 heteroatoms. The van der Waals surface area contributed by atoms with Gasteiger partial charge in [0.25, 0.3) is 0 Å². The number of hydrazine groups is 1. The number of nitrogens with one attached hydrogen (secondary N) is 1. The third-order valence-electron chi connectivity index (χ3n) is 5.21. The quantitative estimate of drug-likeness (QED) is 0.530. The van der Waals surface area contributed by atoms with Gasteiger partial charge in [-0.3, -0.25) is 16.2 Å². The SMILES string of the molecule is CCCCC(CC)CC(NN)C1CN2CCCC2CO1. The highest BCUT2D eigenvalue weighted by Crippen LogP contribution is 2.26. The number of fused-ring (bicyclic) bond motifs is 1. The van der Waals surface area contributed by atoms with Crippen molar-refractivity contribution in [2.75, 3.05) is 19.7 Å². The summed E-state index contributed by atoms with van der Waals surface area (Å²) in [6.45, 7) is 7.77. The van der Waals surface area contributed by atoms with E-state index < -0.39 is 0 Å². The van der Waals surface area contributed by atoms with Crippen molar-refractivity contribution in [1.29, 1.82) is 0 Å². The fourth-order valence-electron chi connectivity index (χ4n) is 3.75. The largest absolute Gasteiger partial charge is 0.374 e. The first-order valence-corrected chi connectivity index (χ1v) is 8.60. The molecule has 0 saturated carbocycles. The average molecular weight is 283 g/mol. The molecule has 4 unspecified atom stereocenters. The Morgan fingerprint density at radius 2 is 2.25 bits per heavy atom. The number of rotatable bonds is 8. The van der Waals surface area contributed by atoms with E-state index in [0.29, 0.717) is 12.1 Å². The molecule has 0 spiro atoms. The number of nitrogens with zero attached hydrogens (tertiary/aromatic N) is 1. The van der Waals surface area contributed by atoms with E-state index in [1.165, 1.54) is 45.1 Å². The molecule has 20 heavy (non-hydrogen) atoms. The summed E-state index contributed by atoms with van der Waals surface area (Å²) < 4.78 is 6.11. The van der Waals surface area contributed by atoms with Gasteiger partial charge in [0.15, 0.2) is 0 Å². The molecule has 0 bridgehead atoms. The zero-order valence-electron chi connectivity index (χ0n) is 13.3. The van der Waals surface area contributed by atoms with Crippen LogP contribution in [0.5, 0.6) is 0 Å². The minimum absolute atomic E-state index is 0.269. The Morgan fingerprint density at radius 3 is 2.95 bits per heavy atom. The van der Waals surface area contributed by atoms with Gasteiger partial charge in [0.1, 0.15) is 0 Å². The number of nitrogens with two attached hydrogens (primary N) is 1. The van der Waals surface area contributed by atoms with Crippen LogP contribution in [0.3, 0.4) is 0 Å². The molecule has 4 nitrogen and oxygen atoms in total. The molecule has 0 aromatic heterocycles. The van der Waals surface area contributed by atoms with Crippen molar-refractivity contribution in [2.45, 2.75) is 77.0 Å². The molecule has 2 rings (SSSR count). The van der Waals surface area contributed by atoms with Gasteiger partial charge in [-0.2, -0.15) is 0 Å². The van der Waals surface area contributed by atoms with Gasteiger partial charge in [-0.1, -0.05) is 39.5 Å². The van der Waals surface area contributed by atoms with Crippen molar-refractivity contribution in [3.8, 4) is 0 Å². The van der Waals surface area contributed by atoms with Crippen LogP contribution in [0.15, 0.2) is 0 Å². The third-order valence-corrected chi connectivity index (χ3v) is 5.21. The lowest BCUT2D eigenvalue weighted by atomic mass is 9.89. The van der Waals surface area contributed by atoms with Gasteiger partial charge in [-0.25, -0.2) is 0 Å². The van der Waals surface area contributed by atoms with Crippen LogP contribution in [0, 0.1) is 5.92 Å². The summed E-state index contributed by atoms with van der Waals surface area (Å²) in [6.07, 6.45) is 9.24. The Kier molecular flexibility index (Phi) is 6.75. The van der Waals surface area contributed by atoms with Crippen LogP contribution in [-0.4, -0.2) is 42.8 Å². The number of unbranched alkanes of at least 4 members (excludes halogenated alkanes) is 1. The van der Waals surface area contributed by atoms with Crippen LogP contribution < -0.4 is 11.3 Å². The Balaban J connectivity index is 1.83. The molecule has 2 saturated heterocycles. The third kappa shape index (κ3) is 4.17. The maximum absolute atomic E-state index is 6.11. The summed E-state index contributed by atoms with van der Waals surface area (Å²) in [4.78, 5) is 2.60. The van der Waals surface area contributed by atoms with Crippen LogP contribution in [0.1, 0.15) is 58.8 Å². The van der Waals surface area contributed by atoms with E-state index in [1.807, 2.05) is 0 Å². The first-order chi connectivity index (χ1) is 9.78. The van der Waals surface area contributed by atoms with E-state index in [1.54, 1.807) is 0 Å². The Labute approximate surface area is 124 Å². The molecule has 0 amide bonds. The highest BCUT2D eigenvalue weighted by Gasteiger charge is 2.35. The standard InChI is InChI=1S/C16H33N3O/c1-3-5-7-13(4-2)10-15(18-17)16-11-19-9-6-8-14(19)12-20-16/h13-16,18H,3-12,17H2,1-2H3. The Morgan fingerprint density at radius 1 is 1.40 bits per heavy atom. The number of hydrogen-bond donors (Lipinski definition) is 2. The molecule has 2 aliphatic rings.